The number of carboxylic acids is 1. The monoisotopic (exact) mass is 572 g/mol. The zero-order valence-corrected chi connectivity index (χ0v) is 24.5. The lowest BCUT2D eigenvalue weighted by Gasteiger charge is -2.49. The van der Waals surface area contributed by atoms with Crippen LogP contribution in [0.25, 0.3) is 0 Å². The Morgan fingerprint density at radius 3 is 2.71 bits per heavy atom. The second-order valence-electron chi connectivity index (χ2n) is 12.9. The minimum atomic E-state index is -1.75. The maximum absolute atomic E-state index is 13.9. The van der Waals surface area contributed by atoms with Gasteiger partial charge in [0.15, 0.2) is 5.79 Å². The molecule has 1 aliphatic carbocycles. The van der Waals surface area contributed by atoms with Crippen molar-refractivity contribution in [2.75, 3.05) is 6.61 Å². The summed E-state index contributed by atoms with van der Waals surface area (Å²) in [5.74, 6) is -3.35. The summed E-state index contributed by atoms with van der Waals surface area (Å²) in [5, 5.41) is 32.4. The van der Waals surface area contributed by atoms with E-state index in [1.807, 2.05) is 13.0 Å². The van der Waals surface area contributed by atoms with Crippen LogP contribution in [0.2, 0.25) is 0 Å². The Labute approximate surface area is 241 Å². The Morgan fingerprint density at radius 2 is 1.95 bits per heavy atom. The first kappa shape index (κ1) is 30.2. The maximum atomic E-state index is 13.9. The predicted molar refractivity (Wildman–Crippen MR) is 150 cm³/mol. The summed E-state index contributed by atoms with van der Waals surface area (Å²) in [5.41, 5.74) is 0.531. The molecule has 0 saturated carbocycles. The van der Waals surface area contributed by atoms with Gasteiger partial charge in [-0.05, 0) is 56.1 Å². The molecule has 0 aromatic rings. The number of aliphatic hydroxyl groups is 2. The van der Waals surface area contributed by atoms with Crippen LogP contribution in [0.5, 0.6) is 0 Å². The van der Waals surface area contributed by atoms with Crippen molar-refractivity contribution in [3.63, 3.8) is 0 Å². The number of carbonyl (C=O) groups is 2. The molecule has 2 bridgehead atoms. The van der Waals surface area contributed by atoms with Crippen molar-refractivity contribution in [2.24, 2.45) is 17.8 Å². The van der Waals surface area contributed by atoms with E-state index in [9.17, 15) is 24.9 Å². The van der Waals surface area contributed by atoms with Crippen molar-refractivity contribution in [2.45, 2.75) is 115 Å². The van der Waals surface area contributed by atoms with Gasteiger partial charge in [0.2, 0.25) is 0 Å². The molecule has 0 radical (unpaired) electrons. The van der Waals surface area contributed by atoms with Crippen molar-refractivity contribution in [3.8, 4) is 0 Å². The molecule has 3 N–H and O–H groups in total. The van der Waals surface area contributed by atoms with Gasteiger partial charge in [0.05, 0.1) is 25.2 Å². The molecule has 41 heavy (non-hydrogen) atoms. The third kappa shape index (κ3) is 6.11. The van der Waals surface area contributed by atoms with Gasteiger partial charge in [-0.15, -0.1) is 0 Å². The minimum absolute atomic E-state index is 0.0597. The van der Waals surface area contributed by atoms with Crippen LogP contribution < -0.4 is 0 Å². The molecule has 5 rings (SSSR count). The molecule has 5 aliphatic rings. The van der Waals surface area contributed by atoms with E-state index in [2.05, 4.69) is 26.0 Å². The number of aliphatic hydroxyl groups excluding tert-OH is 1. The maximum Gasteiger partial charge on any atom is 0.316 e. The normalized spacial score (nSPS) is 46.8. The minimum Gasteiger partial charge on any atom is -0.481 e. The molecular weight excluding hydrogens is 528 g/mol. The second-order valence-corrected chi connectivity index (χ2v) is 12.9. The third-order valence-electron chi connectivity index (χ3n) is 9.47. The molecule has 4 heterocycles. The van der Waals surface area contributed by atoms with Crippen LogP contribution >= 0.6 is 0 Å². The van der Waals surface area contributed by atoms with E-state index in [1.165, 1.54) is 5.57 Å². The third-order valence-corrected chi connectivity index (χ3v) is 9.47. The molecule has 9 nitrogen and oxygen atoms in total. The van der Waals surface area contributed by atoms with Crippen LogP contribution in [0, 0.1) is 17.8 Å². The standard InChI is InChI=1S/C32H44O9/c1-18-6-5-7-22-17-38-29-28(35)21(4)13-25(32(22,29)37)30(36)39-24-14-23(9-8-19(2)12-18)40-31(16-24)11-10-20(3)26(41-31)15-27(33)34/h5-8,13,18,20,23-26,28-29,35,37H,9-12,14-17H2,1-4H3,(H,33,34)/b6-5+,19-8+,22-7+/t18-,20-,23+,24-,25-,26+,28+,29+,31+,32+/m0/s1. The molecular formula is C32H44O9. The summed E-state index contributed by atoms with van der Waals surface area (Å²) >= 11 is 0. The van der Waals surface area contributed by atoms with Gasteiger partial charge in [-0.25, -0.2) is 0 Å². The summed E-state index contributed by atoms with van der Waals surface area (Å²) in [6, 6.07) is 0. The van der Waals surface area contributed by atoms with Gasteiger partial charge in [0.1, 0.15) is 29.8 Å². The van der Waals surface area contributed by atoms with Crippen molar-refractivity contribution < 1.29 is 43.9 Å². The largest absolute Gasteiger partial charge is 0.481 e. The number of hydrogen-bond donors (Lipinski definition) is 3. The lowest BCUT2D eigenvalue weighted by atomic mass is 9.71. The van der Waals surface area contributed by atoms with Gasteiger partial charge >= 0.3 is 11.9 Å². The fourth-order valence-corrected chi connectivity index (χ4v) is 7.15. The molecule has 10 atom stereocenters. The van der Waals surface area contributed by atoms with Crippen molar-refractivity contribution >= 4 is 11.9 Å². The first-order valence-corrected chi connectivity index (χ1v) is 14.9. The van der Waals surface area contributed by atoms with Gasteiger partial charge in [-0.3, -0.25) is 9.59 Å². The number of rotatable bonds is 2. The number of aliphatic carboxylic acids is 1. The first-order chi connectivity index (χ1) is 19.4. The highest BCUT2D eigenvalue weighted by atomic mass is 16.7. The summed E-state index contributed by atoms with van der Waals surface area (Å²) in [4.78, 5) is 25.4. The fourth-order valence-electron chi connectivity index (χ4n) is 7.15. The van der Waals surface area contributed by atoms with E-state index in [-0.39, 0.29) is 37.4 Å². The molecule has 4 aliphatic heterocycles. The first-order valence-electron chi connectivity index (χ1n) is 14.9. The van der Waals surface area contributed by atoms with Crippen LogP contribution in [-0.4, -0.2) is 75.8 Å². The molecule has 1 spiro atoms. The lowest BCUT2D eigenvalue weighted by molar-refractivity contribution is -0.334. The highest BCUT2D eigenvalue weighted by molar-refractivity contribution is 5.78. The smallest absolute Gasteiger partial charge is 0.316 e. The van der Waals surface area contributed by atoms with E-state index in [1.54, 1.807) is 19.1 Å². The van der Waals surface area contributed by atoms with Crippen LogP contribution in [-0.2, 0) is 28.5 Å². The summed E-state index contributed by atoms with van der Waals surface area (Å²) in [6.07, 6.45) is 9.49. The Hall–Kier alpha value is -2.30. The van der Waals surface area contributed by atoms with Crippen LogP contribution in [0.1, 0.15) is 72.6 Å². The molecule has 0 aromatic heterocycles. The molecule has 226 valence electrons. The topological polar surface area (TPSA) is 132 Å². The molecule has 3 fully saturated rings. The molecule has 0 aromatic carbocycles. The average Bonchev–Trinajstić information content (AvgIpc) is 3.23. The number of ether oxygens (including phenoxy) is 4. The number of esters is 1. The van der Waals surface area contributed by atoms with E-state index in [0.717, 1.165) is 12.8 Å². The summed E-state index contributed by atoms with van der Waals surface area (Å²) in [6.45, 7) is 8.01. The van der Waals surface area contributed by atoms with Gasteiger partial charge in [-0.1, -0.05) is 49.8 Å². The number of allylic oxidation sites excluding steroid dienone is 4. The van der Waals surface area contributed by atoms with Gasteiger partial charge in [-0.2, -0.15) is 0 Å². The van der Waals surface area contributed by atoms with E-state index in [4.69, 9.17) is 18.9 Å². The SMILES string of the molecule is CC1=C[C@H]2C(=O)O[C@H]3C[C@@H](C/C=C(\C)C[C@@H](C)/C=C/C=C4\CO[C@H]([C@@H]1O)[C@@]42O)O[C@@]1(CC[C@H](C)[C@@H](CC(=O)O)O1)C3. The quantitative estimate of drug-likeness (QED) is 0.332. The molecule has 0 unspecified atom stereocenters. The molecule has 0 amide bonds. The predicted octanol–water partition coefficient (Wildman–Crippen LogP) is 3.99. The van der Waals surface area contributed by atoms with Gasteiger partial charge < -0.3 is 34.3 Å². The number of carbonyl (C=O) groups excluding carboxylic acids is 1. The van der Waals surface area contributed by atoms with Crippen LogP contribution in [0.15, 0.2) is 47.1 Å². The van der Waals surface area contributed by atoms with E-state index in [0.29, 0.717) is 30.4 Å². The van der Waals surface area contributed by atoms with Crippen molar-refractivity contribution in [1.82, 2.24) is 0 Å². The fraction of sp³-hybridized carbons (Fsp3) is 0.688. The summed E-state index contributed by atoms with van der Waals surface area (Å²) in [7, 11) is 0. The van der Waals surface area contributed by atoms with E-state index >= 15 is 0 Å². The highest BCUT2D eigenvalue weighted by Gasteiger charge is 2.60. The Morgan fingerprint density at radius 1 is 1.17 bits per heavy atom. The lowest BCUT2D eigenvalue weighted by Crippen LogP contribution is -2.58. The van der Waals surface area contributed by atoms with Crippen molar-refractivity contribution in [3.05, 3.63) is 47.1 Å². The number of carboxylic acid groups (broad SMARTS) is 1. The highest BCUT2D eigenvalue weighted by Crippen LogP contribution is 2.47. The molecule has 3 saturated heterocycles. The zero-order chi connectivity index (χ0) is 29.5. The van der Waals surface area contributed by atoms with E-state index < -0.39 is 53.7 Å². The van der Waals surface area contributed by atoms with Crippen LogP contribution in [0.3, 0.4) is 0 Å². The Balaban J connectivity index is 1.50. The zero-order valence-electron chi connectivity index (χ0n) is 24.5. The van der Waals surface area contributed by atoms with Crippen molar-refractivity contribution in [1.29, 1.82) is 0 Å². The summed E-state index contributed by atoms with van der Waals surface area (Å²) < 4.78 is 25.0. The number of hydrogen-bond acceptors (Lipinski definition) is 8. The van der Waals surface area contributed by atoms with Crippen LogP contribution in [0.4, 0.5) is 0 Å². The number of fused-ring (bicyclic) bond motifs is 2. The average molecular weight is 573 g/mol. The Bertz CT molecular complexity index is 1150. The Kier molecular flexibility index (Phi) is 8.66. The second kappa shape index (κ2) is 11.8. The molecule has 9 heteroatoms. The van der Waals surface area contributed by atoms with Gasteiger partial charge in [0, 0.05) is 19.3 Å². The van der Waals surface area contributed by atoms with Gasteiger partial charge in [0.25, 0.3) is 0 Å².